The van der Waals surface area contributed by atoms with Crippen LogP contribution in [0.15, 0.2) is 53.0 Å². The molecule has 0 aliphatic rings. The fourth-order valence-corrected chi connectivity index (χ4v) is 2.75. The Balaban J connectivity index is 1.89. The predicted molar refractivity (Wildman–Crippen MR) is 101 cm³/mol. The zero-order valence-electron chi connectivity index (χ0n) is 13.5. The number of anilines is 3. The van der Waals surface area contributed by atoms with Gasteiger partial charge in [-0.05, 0) is 66.2 Å². The predicted octanol–water partition coefficient (Wildman–Crippen LogP) is 4.35. The maximum Gasteiger partial charge on any atom is 0.243 e. The van der Waals surface area contributed by atoms with Crippen LogP contribution in [0.2, 0.25) is 0 Å². The second kappa shape index (κ2) is 8.58. The van der Waals surface area contributed by atoms with Crippen molar-refractivity contribution in [3.05, 3.63) is 53.0 Å². The lowest BCUT2D eigenvalue weighted by Gasteiger charge is -2.21. The first-order valence-corrected chi connectivity index (χ1v) is 8.56. The second-order valence-electron chi connectivity index (χ2n) is 5.10. The van der Waals surface area contributed by atoms with Crippen LogP contribution < -0.4 is 15.5 Å². The molecular formula is C18H22BrN3O. The summed E-state index contributed by atoms with van der Waals surface area (Å²) in [6, 6.07) is 15.7. The number of rotatable bonds is 7. The molecule has 0 heterocycles. The van der Waals surface area contributed by atoms with Crippen LogP contribution >= 0.6 is 15.9 Å². The third-order valence-electron chi connectivity index (χ3n) is 3.59. The average molecular weight is 376 g/mol. The van der Waals surface area contributed by atoms with E-state index in [0.717, 1.165) is 28.9 Å². The molecule has 0 atom stereocenters. The molecule has 122 valence electrons. The number of hydrogen-bond acceptors (Lipinski definition) is 3. The standard InChI is InChI=1S/C18H22BrN3O/c1-3-22(4-2)15-11-9-14(10-12-15)21-18(23)13-20-17-8-6-5-7-16(17)19/h5-12,20H,3-4,13H2,1-2H3,(H,21,23). The molecule has 4 nitrogen and oxygen atoms in total. The van der Waals surface area contributed by atoms with E-state index in [1.54, 1.807) is 0 Å². The minimum absolute atomic E-state index is 0.0728. The lowest BCUT2D eigenvalue weighted by Crippen LogP contribution is -2.23. The Bertz CT molecular complexity index is 639. The number of nitrogens with one attached hydrogen (secondary N) is 2. The Labute approximate surface area is 146 Å². The highest BCUT2D eigenvalue weighted by atomic mass is 79.9. The highest BCUT2D eigenvalue weighted by Crippen LogP contribution is 2.21. The maximum atomic E-state index is 12.0. The zero-order valence-corrected chi connectivity index (χ0v) is 15.1. The number of benzene rings is 2. The maximum absolute atomic E-state index is 12.0. The molecule has 2 aromatic carbocycles. The number of para-hydroxylation sites is 1. The van der Waals surface area contributed by atoms with E-state index in [0.29, 0.717) is 0 Å². The first-order chi connectivity index (χ1) is 11.1. The lowest BCUT2D eigenvalue weighted by molar-refractivity contribution is -0.114. The molecule has 0 aromatic heterocycles. The molecule has 1 amide bonds. The molecule has 2 rings (SSSR count). The summed E-state index contributed by atoms with van der Waals surface area (Å²) in [6.45, 7) is 6.43. The fraction of sp³-hybridized carbons (Fsp3) is 0.278. The second-order valence-corrected chi connectivity index (χ2v) is 5.96. The van der Waals surface area contributed by atoms with Crippen LogP contribution in [-0.2, 0) is 4.79 Å². The van der Waals surface area contributed by atoms with Crippen molar-refractivity contribution in [2.45, 2.75) is 13.8 Å². The van der Waals surface area contributed by atoms with Crippen molar-refractivity contribution in [2.75, 3.05) is 35.2 Å². The van der Waals surface area contributed by atoms with Crippen LogP contribution in [0.3, 0.4) is 0 Å². The molecule has 0 radical (unpaired) electrons. The quantitative estimate of drug-likeness (QED) is 0.755. The van der Waals surface area contributed by atoms with Gasteiger partial charge in [0.15, 0.2) is 0 Å². The highest BCUT2D eigenvalue weighted by Gasteiger charge is 2.05. The van der Waals surface area contributed by atoms with Crippen molar-refractivity contribution in [1.29, 1.82) is 0 Å². The van der Waals surface area contributed by atoms with E-state index in [1.807, 2.05) is 48.5 Å². The molecule has 23 heavy (non-hydrogen) atoms. The van der Waals surface area contributed by atoms with Crippen LogP contribution in [0, 0.1) is 0 Å². The lowest BCUT2D eigenvalue weighted by atomic mass is 10.2. The number of carbonyl (C=O) groups excluding carboxylic acids is 1. The van der Waals surface area contributed by atoms with Gasteiger partial charge in [-0.15, -0.1) is 0 Å². The van der Waals surface area contributed by atoms with E-state index in [2.05, 4.69) is 45.3 Å². The third kappa shape index (κ3) is 4.99. The van der Waals surface area contributed by atoms with Gasteiger partial charge in [-0.3, -0.25) is 4.79 Å². The van der Waals surface area contributed by atoms with E-state index in [-0.39, 0.29) is 12.5 Å². The molecule has 0 aliphatic heterocycles. The summed E-state index contributed by atoms with van der Waals surface area (Å²) in [5.74, 6) is -0.0728. The van der Waals surface area contributed by atoms with Crippen molar-refractivity contribution in [2.24, 2.45) is 0 Å². The van der Waals surface area contributed by atoms with Gasteiger partial charge in [-0.2, -0.15) is 0 Å². The van der Waals surface area contributed by atoms with Gasteiger partial charge in [0.1, 0.15) is 0 Å². The van der Waals surface area contributed by atoms with Gasteiger partial charge < -0.3 is 15.5 Å². The normalized spacial score (nSPS) is 10.2. The van der Waals surface area contributed by atoms with Crippen LogP contribution in [0.25, 0.3) is 0 Å². The van der Waals surface area contributed by atoms with Gasteiger partial charge in [0, 0.05) is 34.6 Å². The summed E-state index contributed by atoms with van der Waals surface area (Å²) in [6.07, 6.45) is 0. The first-order valence-electron chi connectivity index (χ1n) is 7.77. The zero-order chi connectivity index (χ0) is 16.7. The van der Waals surface area contributed by atoms with Gasteiger partial charge in [-0.25, -0.2) is 0 Å². The molecule has 2 N–H and O–H groups in total. The fourth-order valence-electron chi connectivity index (χ4n) is 2.33. The van der Waals surface area contributed by atoms with E-state index in [9.17, 15) is 4.79 Å². The SMILES string of the molecule is CCN(CC)c1ccc(NC(=O)CNc2ccccc2Br)cc1. The summed E-state index contributed by atoms with van der Waals surface area (Å²) >= 11 is 3.45. The molecule has 0 unspecified atom stereocenters. The minimum Gasteiger partial charge on any atom is -0.375 e. The molecule has 2 aromatic rings. The van der Waals surface area contributed by atoms with Crippen LogP contribution in [0.1, 0.15) is 13.8 Å². The van der Waals surface area contributed by atoms with Gasteiger partial charge in [0.05, 0.1) is 6.54 Å². The Morgan fingerprint density at radius 1 is 1.04 bits per heavy atom. The van der Waals surface area contributed by atoms with Gasteiger partial charge >= 0.3 is 0 Å². The van der Waals surface area contributed by atoms with Gasteiger partial charge in [0.2, 0.25) is 5.91 Å². The Kier molecular flexibility index (Phi) is 6.47. The molecule has 0 saturated carbocycles. The largest absolute Gasteiger partial charge is 0.375 e. The molecular weight excluding hydrogens is 354 g/mol. The summed E-state index contributed by atoms with van der Waals surface area (Å²) in [5, 5.41) is 6.01. The van der Waals surface area contributed by atoms with E-state index >= 15 is 0 Å². The third-order valence-corrected chi connectivity index (χ3v) is 4.28. The van der Waals surface area contributed by atoms with E-state index in [1.165, 1.54) is 5.69 Å². The molecule has 0 saturated heterocycles. The number of nitrogens with zero attached hydrogens (tertiary/aromatic N) is 1. The van der Waals surface area contributed by atoms with Gasteiger partial charge in [-0.1, -0.05) is 12.1 Å². The van der Waals surface area contributed by atoms with Crippen molar-refractivity contribution < 1.29 is 4.79 Å². The average Bonchev–Trinajstić information content (AvgIpc) is 2.57. The van der Waals surface area contributed by atoms with Crippen LogP contribution in [-0.4, -0.2) is 25.5 Å². The summed E-state index contributed by atoms with van der Waals surface area (Å²) in [4.78, 5) is 14.3. The Morgan fingerprint density at radius 2 is 1.70 bits per heavy atom. The van der Waals surface area contributed by atoms with Crippen molar-refractivity contribution in [3.63, 3.8) is 0 Å². The smallest absolute Gasteiger partial charge is 0.243 e. The number of amides is 1. The van der Waals surface area contributed by atoms with Crippen molar-refractivity contribution >= 4 is 38.9 Å². The molecule has 0 spiro atoms. The molecule has 0 aliphatic carbocycles. The van der Waals surface area contributed by atoms with Crippen molar-refractivity contribution in [1.82, 2.24) is 0 Å². The first kappa shape index (κ1) is 17.3. The van der Waals surface area contributed by atoms with Gasteiger partial charge in [0.25, 0.3) is 0 Å². The minimum atomic E-state index is -0.0728. The summed E-state index contributed by atoms with van der Waals surface area (Å²) in [7, 11) is 0. The molecule has 5 heteroatoms. The summed E-state index contributed by atoms with van der Waals surface area (Å²) in [5.41, 5.74) is 2.87. The van der Waals surface area contributed by atoms with E-state index in [4.69, 9.17) is 0 Å². The number of carbonyl (C=O) groups is 1. The van der Waals surface area contributed by atoms with Crippen LogP contribution in [0.5, 0.6) is 0 Å². The van der Waals surface area contributed by atoms with Crippen molar-refractivity contribution in [3.8, 4) is 0 Å². The van der Waals surface area contributed by atoms with E-state index < -0.39 is 0 Å². The monoisotopic (exact) mass is 375 g/mol. The number of hydrogen-bond donors (Lipinski definition) is 2. The molecule has 0 fully saturated rings. The summed E-state index contributed by atoms with van der Waals surface area (Å²) < 4.78 is 0.941. The topological polar surface area (TPSA) is 44.4 Å². The Morgan fingerprint density at radius 3 is 2.30 bits per heavy atom. The number of halogens is 1. The molecule has 0 bridgehead atoms. The van der Waals surface area contributed by atoms with Crippen LogP contribution in [0.4, 0.5) is 17.1 Å². The Hall–Kier alpha value is -2.01. The highest BCUT2D eigenvalue weighted by molar-refractivity contribution is 9.10.